The molecule has 0 unspecified atom stereocenters. The summed E-state index contributed by atoms with van der Waals surface area (Å²) in [5.41, 5.74) is 5.62. The Labute approximate surface area is 149 Å². The van der Waals surface area contributed by atoms with Gasteiger partial charge in [-0.1, -0.05) is 48.5 Å². The Kier molecular flexibility index (Phi) is 3.39. The Morgan fingerprint density at radius 3 is 2.20 bits per heavy atom. The van der Waals surface area contributed by atoms with E-state index in [4.69, 9.17) is 4.98 Å². The van der Waals surface area contributed by atoms with E-state index in [2.05, 4.69) is 97.9 Å². The van der Waals surface area contributed by atoms with E-state index in [0.717, 1.165) is 17.3 Å². The van der Waals surface area contributed by atoms with Gasteiger partial charge in [0, 0.05) is 18.3 Å². The van der Waals surface area contributed by atoms with Gasteiger partial charge in [0.05, 0.1) is 11.4 Å². The number of hydrogen-bond acceptors (Lipinski definition) is 3. The molecule has 128 valence electrons. The highest BCUT2D eigenvalue weighted by Gasteiger charge is 2.45. The van der Waals surface area contributed by atoms with Crippen LogP contribution >= 0.6 is 0 Å². The first-order chi connectivity index (χ1) is 11.9. The van der Waals surface area contributed by atoms with Gasteiger partial charge in [0.15, 0.2) is 0 Å². The van der Waals surface area contributed by atoms with E-state index in [1.165, 1.54) is 16.8 Å². The second-order valence-corrected chi connectivity index (χ2v) is 7.16. The van der Waals surface area contributed by atoms with Crippen LogP contribution in [0.25, 0.3) is 11.3 Å². The first kappa shape index (κ1) is 15.8. The van der Waals surface area contributed by atoms with E-state index in [0.29, 0.717) is 0 Å². The largest absolute Gasteiger partial charge is 0.288 e. The highest BCUT2D eigenvalue weighted by atomic mass is 15.7. The van der Waals surface area contributed by atoms with E-state index in [1.807, 2.05) is 6.07 Å². The van der Waals surface area contributed by atoms with Crippen LogP contribution in [0.2, 0.25) is 0 Å². The van der Waals surface area contributed by atoms with Crippen molar-refractivity contribution in [2.45, 2.75) is 33.4 Å². The number of aryl methyl sites for hydroxylation is 2. The summed E-state index contributed by atoms with van der Waals surface area (Å²) in [6.45, 7) is 8.71. The number of nitrogens with zero attached hydrogens (tertiary/aromatic N) is 4. The van der Waals surface area contributed by atoms with Crippen molar-refractivity contribution < 1.29 is 0 Å². The summed E-state index contributed by atoms with van der Waals surface area (Å²) in [6, 6.07) is 19.0. The summed E-state index contributed by atoms with van der Waals surface area (Å²) in [7, 11) is 2.13. The van der Waals surface area contributed by atoms with Crippen LogP contribution in [0.5, 0.6) is 0 Å². The van der Waals surface area contributed by atoms with Crippen molar-refractivity contribution in [3.05, 3.63) is 65.9 Å². The predicted molar refractivity (Wildman–Crippen MR) is 104 cm³/mol. The Morgan fingerprint density at radius 1 is 0.880 bits per heavy atom. The quantitative estimate of drug-likeness (QED) is 0.684. The molecule has 2 heterocycles. The van der Waals surface area contributed by atoms with Gasteiger partial charge in [0.1, 0.15) is 5.66 Å². The molecule has 0 radical (unpaired) electrons. The number of aromatic nitrogens is 2. The fourth-order valence-electron chi connectivity index (χ4n) is 3.71. The van der Waals surface area contributed by atoms with E-state index < -0.39 is 0 Å². The van der Waals surface area contributed by atoms with Gasteiger partial charge in [-0.05, 0) is 39.3 Å². The molecule has 0 spiro atoms. The molecule has 4 rings (SSSR count). The lowest BCUT2D eigenvalue weighted by Crippen LogP contribution is -2.51. The Bertz CT molecular complexity index is 924. The lowest BCUT2D eigenvalue weighted by molar-refractivity contribution is 0.462. The maximum absolute atomic E-state index is 4.96. The highest BCUT2D eigenvalue weighted by molar-refractivity contribution is 5.74. The van der Waals surface area contributed by atoms with Crippen LogP contribution in [0.4, 0.5) is 11.6 Å². The van der Waals surface area contributed by atoms with Gasteiger partial charge in [-0.3, -0.25) is 9.91 Å². The number of rotatable bonds is 2. The van der Waals surface area contributed by atoms with Crippen LogP contribution in [-0.4, -0.2) is 22.4 Å². The molecular weight excluding hydrogens is 308 g/mol. The summed E-state index contributed by atoms with van der Waals surface area (Å²) in [5, 5.41) is 2.27. The Hall–Kier alpha value is -2.75. The minimum atomic E-state index is -0.217. The zero-order valence-electron chi connectivity index (χ0n) is 15.5. The average molecular weight is 332 g/mol. The summed E-state index contributed by atoms with van der Waals surface area (Å²) in [6.07, 6.45) is 0. The Balaban J connectivity index is 1.97. The minimum absolute atomic E-state index is 0.217. The number of anilines is 2. The first-order valence-electron chi connectivity index (χ1n) is 8.67. The third kappa shape index (κ3) is 2.17. The summed E-state index contributed by atoms with van der Waals surface area (Å²) >= 11 is 0. The van der Waals surface area contributed by atoms with Crippen molar-refractivity contribution >= 4 is 11.6 Å². The number of para-hydroxylation sites is 1. The molecule has 1 aliphatic heterocycles. The monoisotopic (exact) mass is 332 g/mol. The third-order valence-corrected chi connectivity index (χ3v) is 5.25. The molecule has 25 heavy (non-hydrogen) atoms. The van der Waals surface area contributed by atoms with Crippen LogP contribution < -0.4 is 9.91 Å². The molecule has 0 saturated heterocycles. The van der Waals surface area contributed by atoms with Crippen LogP contribution in [-0.2, 0) is 0 Å². The fraction of sp³-hybridized carbons (Fsp3) is 0.286. The summed E-state index contributed by atoms with van der Waals surface area (Å²) in [4.78, 5) is 7.29. The molecule has 1 aliphatic rings. The molecular formula is C21H24N4. The van der Waals surface area contributed by atoms with Gasteiger partial charge in [-0.25, -0.2) is 9.66 Å². The van der Waals surface area contributed by atoms with Crippen molar-refractivity contribution in [3.8, 4) is 11.3 Å². The van der Waals surface area contributed by atoms with Crippen molar-refractivity contribution in [1.29, 1.82) is 0 Å². The molecule has 0 atom stereocenters. The summed E-state index contributed by atoms with van der Waals surface area (Å²) in [5.74, 6) is 0.971. The maximum atomic E-state index is 4.96. The van der Waals surface area contributed by atoms with Crippen molar-refractivity contribution in [1.82, 2.24) is 9.66 Å². The zero-order chi connectivity index (χ0) is 17.8. The molecule has 0 saturated carbocycles. The van der Waals surface area contributed by atoms with Crippen molar-refractivity contribution in [2.75, 3.05) is 17.0 Å². The van der Waals surface area contributed by atoms with E-state index in [9.17, 15) is 0 Å². The molecule has 1 aromatic heterocycles. The van der Waals surface area contributed by atoms with E-state index in [1.54, 1.807) is 0 Å². The molecule has 0 bridgehead atoms. The molecule has 2 aromatic carbocycles. The molecule has 4 heteroatoms. The molecule has 4 nitrogen and oxygen atoms in total. The topological polar surface area (TPSA) is 24.3 Å². The first-order valence-corrected chi connectivity index (χ1v) is 8.67. The number of fused-ring (bicyclic) bond motifs is 1. The van der Waals surface area contributed by atoms with Gasteiger partial charge in [0.2, 0.25) is 5.95 Å². The Morgan fingerprint density at radius 2 is 1.52 bits per heavy atom. The van der Waals surface area contributed by atoms with Crippen molar-refractivity contribution in [3.63, 3.8) is 0 Å². The number of imidazole rings is 1. The second-order valence-electron chi connectivity index (χ2n) is 7.16. The minimum Gasteiger partial charge on any atom is -0.288 e. The standard InChI is InChI=1S/C21H24N4/c1-15-11-9-10-14-18(15)24-20-22-16(2)19(17-12-7-6-8-13-17)25(20)23(5)21(24,3)4/h6-14H,1-5H3. The van der Waals surface area contributed by atoms with Crippen LogP contribution in [0.3, 0.4) is 0 Å². The number of benzene rings is 2. The van der Waals surface area contributed by atoms with Gasteiger partial charge in [0.25, 0.3) is 0 Å². The lowest BCUT2D eigenvalue weighted by atomic mass is 10.1. The van der Waals surface area contributed by atoms with Gasteiger partial charge in [-0.2, -0.15) is 0 Å². The fourth-order valence-corrected chi connectivity index (χ4v) is 3.71. The van der Waals surface area contributed by atoms with E-state index >= 15 is 0 Å². The SMILES string of the molecule is Cc1ccccc1N1c2nc(C)c(-c3ccccc3)n2N(C)C1(C)C. The van der Waals surface area contributed by atoms with Crippen LogP contribution in [0, 0.1) is 13.8 Å². The zero-order valence-corrected chi connectivity index (χ0v) is 15.5. The maximum Gasteiger partial charge on any atom is 0.232 e. The molecule has 0 fully saturated rings. The molecule has 3 aromatic rings. The van der Waals surface area contributed by atoms with Gasteiger partial charge < -0.3 is 0 Å². The number of hydrogen-bond donors (Lipinski definition) is 0. The third-order valence-electron chi connectivity index (χ3n) is 5.25. The van der Waals surface area contributed by atoms with E-state index in [-0.39, 0.29) is 5.66 Å². The highest BCUT2D eigenvalue weighted by Crippen LogP contribution is 2.44. The molecule has 0 aliphatic carbocycles. The van der Waals surface area contributed by atoms with Crippen LogP contribution in [0.15, 0.2) is 54.6 Å². The molecule has 0 amide bonds. The average Bonchev–Trinajstić information content (AvgIpc) is 3.01. The smallest absolute Gasteiger partial charge is 0.232 e. The van der Waals surface area contributed by atoms with Crippen LogP contribution in [0.1, 0.15) is 25.1 Å². The lowest BCUT2D eigenvalue weighted by Gasteiger charge is -2.38. The van der Waals surface area contributed by atoms with Gasteiger partial charge in [-0.15, -0.1) is 0 Å². The van der Waals surface area contributed by atoms with Gasteiger partial charge >= 0.3 is 0 Å². The molecule has 0 N–H and O–H groups in total. The van der Waals surface area contributed by atoms with Crippen molar-refractivity contribution in [2.24, 2.45) is 0 Å². The summed E-state index contributed by atoms with van der Waals surface area (Å²) < 4.78 is 2.25. The predicted octanol–water partition coefficient (Wildman–Crippen LogP) is 4.62. The normalized spacial score (nSPS) is 15.6. The second kappa shape index (κ2) is 5.38.